The van der Waals surface area contributed by atoms with Crippen molar-refractivity contribution in [1.29, 1.82) is 0 Å². The van der Waals surface area contributed by atoms with Crippen molar-refractivity contribution in [3.63, 3.8) is 0 Å². The molecule has 162 valence electrons. The number of aromatic nitrogens is 1. The summed E-state index contributed by atoms with van der Waals surface area (Å²) >= 11 is 1.73. The fraction of sp³-hybridized carbons (Fsp3) is 0.474. The van der Waals surface area contributed by atoms with Crippen LogP contribution in [-0.4, -0.2) is 39.5 Å². The molecule has 0 aliphatic carbocycles. The largest absolute Gasteiger partial charge is 0.357 e. The quantitative estimate of drug-likeness (QED) is 0.253. The van der Waals surface area contributed by atoms with Gasteiger partial charge < -0.3 is 10.6 Å². The number of aliphatic imine (C=N–C) groups is 1. The van der Waals surface area contributed by atoms with E-state index in [1.54, 1.807) is 11.3 Å². The second-order valence-electron chi connectivity index (χ2n) is 6.40. The summed E-state index contributed by atoms with van der Waals surface area (Å²) in [6, 6.07) is 7.50. The van der Waals surface area contributed by atoms with Crippen molar-refractivity contribution >= 4 is 51.3 Å². The zero-order valence-corrected chi connectivity index (χ0v) is 21.2. The van der Waals surface area contributed by atoms with Crippen LogP contribution in [0, 0.1) is 13.8 Å². The molecule has 1 heterocycles. The van der Waals surface area contributed by atoms with Crippen LogP contribution in [0.25, 0.3) is 0 Å². The third kappa shape index (κ3) is 8.97. The molecule has 0 saturated carbocycles. The topological polar surface area (TPSA) is 95.5 Å². The lowest BCUT2D eigenvalue weighted by Crippen LogP contribution is -2.38. The lowest BCUT2D eigenvalue weighted by atomic mass is 10.1. The maximum Gasteiger partial charge on any atom is 0.215 e. The van der Waals surface area contributed by atoms with Crippen LogP contribution in [0.15, 0.2) is 29.3 Å². The van der Waals surface area contributed by atoms with Gasteiger partial charge in [0.15, 0.2) is 5.96 Å². The number of nitrogens with one attached hydrogen (secondary N) is 3. The first-order valence-corrected chi connectivity index (χ1v) is 11.7. The number of sulfonamides is 1. The highest BCUT2D eigenvalue weighted by molar-refractivity contribution is 14.0. The first-order chi connectivity index (χ1) is 13.3. The number of hydrogen-bond acceptors (Lipinski definition) is 5. The fourth-order valence-electron chi connectivity index (χ4n) is 2.56. The van der Waals surface area contributed by atoms with E-state index in [0.29, 0.717) is 6.54 Å². The van der Waals surface area contributed by atoms with Crippen molar-refractivity contribution in [2.24, 2.45) is 4.99 Å². The third-order valence-corrected chi connectivity index (χ3v) is 6.60. The molecule has 0 aliphatic heterocycles. The van der Waals surface area contributed by atoms with Gasteiger partial charge in [0.25, 0.3) is 0 Å². The Kier molecular flexibility index (Phi) is 11.1. The molecule has 1 aromatic heterocycles. The predicted molar refractivity (Wildman–Crippen MR) is 132 cm³/mol. The number of benzene rings is 1. The van der Waals surface area contributed by atoms with E-state index in [1.165, 1.54) is 11.9 Å². The maximum absolute atomic E-state index is 11.7. The molecule has 0 atom stereocenters. The zero-order chi connectivity index (χ0) is 20.6. The minimum Gasteiger partial charge on any atom is -0.357 e. The Balaban J connectivity index is 0.00000420. The van der Waals surface area contributed by atoms with Crippen molar-refractivity contribution in [3.05, 3.63) is 51.0 Å². The van der Waals surface area contributed by atoms with Crippen LogP contribution in [0.1, 0.15) is 33.6 Å². The third-order valence-electron chi connectivity index (χ3n) is 4.13. The van der Waals surface area contributed by atoms with Gasteiger partial charge in [-0.05, 0) is 38.9 Å². The van der Waals surface area contributed by atoms with Crippen molar-refractivity contribution in [3.8, 4) is 0 Å². The van der Waals surface area contributed by atoms with Crippen molar-refractivity contribution in [2.45, 2.75) is 39.5 Å². The van der Waals surface area contributed by atoms with Gasteiger partial charge in [-0.25, -0.2) is 23.1 Å². The molecule has 7 nitrogen and oxygen atoms in total. The van der Waals surface area contributed by atoms with Gasteiger partial charge in [0.2, 0.25) is 10.0 Å². The summed E-state index contributed by atoms with van der Waals surface area (Å²) in [6.07, 6.45) is 0.848. The average Bonchev–Trinajstić information content (AvgIpc) is 2.97. The monoisotopic (exact) mass is 551 g/mol. The second-order valence-corrected chi connectivity index (χ2v) is 9.62. The van der Waals surface area contributed by atoms with Crippen LogP contribution in [0.2, 0.25) is 0 Å². The first kappa shape index (κ1) is 25.8. The molecule has 2 rings (SSSR count). The van der Waals surface area contributed by atoms with Crippen molar-refractivity contribution in [2.75, 3.05) is 20.1 Å². The van der Waals surface area contributed by atoms with Crippen molar-refractivity contribution in [1.82, 2.24) is 20.3 Å². The molecular weight excluding hydrogens is 521 g/mol. The number of rotatable bonds is 9. The van der Waals surface area contributed by atoms with E-state index in [4.69, 9.17) is 0 Å². The molecule has 29 heavy (non-hydrogen) atoms. The molecule has 0 bridgehead atoms. The summed E-state index contributed by atoms with van der Waals surface area (Å²) < 4.78 is 25.8. The Morgan fingerprint density at radius 2 is 1.93 bits per heavy atom. The molecular formula is C19H30IN5O2S2. The fourth-order valence-corrected chi connectivity index (χ4v) is 4.25. The van der Waals surface area contributed by atoms with E-state index in [1.807, 2.05) is 38.1 Å². The maximum atomic E-state index is 11.7. The molecule has 1 aromatic carbocycles. The SMILES string of the molecule is CCNC(=NCc1cccc(CS(=O)(=O)NC)c1)NCCc1nc(C)c(C)s1.I. The van der Waals surface area contributed by atoms with E-state index >= 15 is 0 Å². The number of guanidine groups is 1. The smallest absolute Gasteiger partial charge is 0.215 e. The highest BCUT2D eigenvalue weighted by Crippen LogP contribution is 2.16. The lowest BCUT2D eigenvalue weighted by Gasteiger charge is -2.11. The number of aryl methyl sites for hydroxylation is 2. The molecule has 0 spiro atoms. The normalized spacial score (nSPS) is 11.8. The Hall–Kier alpha value is -1.24. The standard InChI is InChI=1S/C19H29N5O2S2.HI/c1-5-21-19(22-10-9-18-24-14(2)15(3)27-18)23-12-16-7-6-8-17(11-16)13-28(25,26)20-4;/h6-8,11,20H,5,9-10,12-13H2,1-4H3,(H2,21,22,23);1H. The number of halogens is 1. The molecule has 3 N–H and O–H groups in total. The number of thiazole rings is 1. The van der Waals surface area contributed by atoms with Crippen molar-refractivity contribution < 1.29 is 8.42 Å². The number of hydrogen-bond donors (Lipinski definition) is 3. The predicted octanol–water partition coefficient (Wildman–Crippen LogP) is 2.72. The van der Waals surface area contributed by atoms with Gasteiger partial charge in [-0.2, -0.15) is 0 Å². The number of nitrogens with zero attached hydrogens (tertiary/aromatic N) is 2. The molecule has 0 amide bonds. The highest BCUT2D eigenvalue weighted by atomic mass is 127. The summed E-state index contributed by atoms with van der Waals surface area (Å²) in [5.41, 5.74) is 2.81. The first-order valence-electron chi connectivity index (χ1n) is 9.27. The molecule has 0 unspecified atom stereocenters. The molecule has 0 radical (unpaired) electrons. The van der Waals surface area contributed by atoms with E-state index in [-0.39, 0.29) is 29.7 Å². The van der Waals surface area contributed by atoms with Crippen LogP contribution in [0.5, 0.6) is 0 Å². The van der Waals surface area contributed by atoms with Crippen LogP contribution >= 0.6 is 35.3 Å². The molecule has 10 heteroatoms. The summed E-state index contributed by atoms with van der Waals surface area (Å²) in [7, 11) is -1.86. The van der Waals surface area contributed by atoms with Crippen LogP contribution in [-0.2, 0) is 28.7 Å². The molecule has 0 fully saturated rings. The van der Waals surface area contributed by atoms with Gasteiger partial charge in [-0.1, -0.05) is 24.3 Å². The lowest BCUT2D eigenvalue weighted by molar-refractivity contribution is 0.587. The molecule has 2 aromatic rings. The van der Waals surface area contributed by atoms with Gasteiger partial charge in [0.1, 0.15) is 0 Å². The summed E-state index contributed by atoms with van der Waals surface area (Å²) in [5, 5.41) is 7.69. The van der Waals surface area contributed by atoms with Gasteiger partial charge in [-0.15, -0.1) is 35.3 Å². The van der Waals surface area contributed by atoms with Gasteiger partial charge in [0, 0.05) is 24.4 Å². The van der Waals surface area contributed by atoms with Gasteiger partial charge >= 0.3 is 0 Å². The Labute approximate surface area is 194 Å². The average molecular weight is 552 g/mol. The van der Waals surface area contributed by atoms with E-state index < -0.39 is 10.0 Å². The highest BCUT2D eigenvalue weighted by Gasteiger charge is 2.09. The van der Waals surface area contributed by atoms with E-state index in [2.05, 4.69) is 32.3 Å². The minimum atomic E-state index is -3.28. The zero-order valence-electron chi connectivity index (χ0n) is 17.3. The summed E-state index contributed by atoms with van der Waals surface area (Å²) in [5.74, 6) is 0.701. The second kappa shape index (κ2) is 12.5. The van der Waals surface area contributed by atoms with E-state index in [9.17, 15) is 8.42 Å². The Morgan fingerprint density at radius 1 is 1.21 bits per heavy atom. The van der Waals surface area contributed by atoms with Crippen LogP contribution in [0.4, 0.5) is 0 Å². The Bertz CT molecular complexity index is 894. The van der Waals surface area contributed by atoms with Crippen LogP contribution < -0.4 is 15.4 Å². The summed E-state index contributed by atoms with van der Waals surface area (Å²) in [4.78, 5) is 10.4. The Morgan fingerprint density at radius 3 is 2.55 bits per heavy atom. The summed E-state index contributed by atoms with van der Waals surface area (Å²) in [6.45, 7) is 8.13. The van der Waals surface area contributed by atoms with Gasteiger partial charge in [-0.3, -0.25) is 0 Å². The van der Waals surface area contributed by atoms with E-state index in [0.717, 1.165) is 47.3 Å². The van der Waals surface area contributed by atoms with Gasteiger partial charge in [0.05, 0.1) is 23.0 Å². The van der Waals surface area contributed by atoms with Crippen LogP contribution in [0.3, 0.4) is 0 Å². The minimum absolute atomic E-state index is 0. The molecule has 0 aliphatic rings. The molecule has 0 saturated heterocycles.